The molecule has 3 aromatic rings. The Morgan fingerprint density at radius 3 is 2.50 bits per heavy atom. The van der Waals surface area contributed by atoms with Gasteiger partial charge in [-0.2, -0.15) is 0 Å². The zero-order valence-electron chi connectivity index (χ0n) is 12.6. The molecule has 0 aliphatic heterocycles. The van der Waals surface area contributed by atoms with E-state index in [2.05, 4.69) is 29.4 Å². The third kappa shape index (κ3) is 2.70. The third-order valence-electron chi connectivity index (χ3n) is 3.61. The molecular formula is C17H18N4O. The number of aromatic nitrogens is 3. The number of nitrogens with zero attached hydrogens (tertiary/aromatic N) is 3. The molecular weight excluding hydrogens is 276 g/mol. The van der Waals surface area contributed by atoms with Gasteiger partial charge in [0.1, 0.15) is 0 Å². The number of benzene rings is 1. The summed E-state index contributed by atoms with van der Waals surface area (Å²) in [5.74, 6) is 0.835. The molecule has 0 fully saturated rings. The largest absolute Gasteiger partial charge is 0.342 e. The second kappa shape index (κ2) is 5.97. The minimum Gasteiger partial charge on any atom is -0.342 e. The van der Waals surface area contributed by atoms with Crippen molar-refractivity contribution in [3.63, 3.8) is 0 Å². The van der Waals surface area contributed by atoms with E-state index in [-0.39, 0.29) is 17.9 Å². The molecule has 0 bridgehead atoms. The highest BCUT2D eigenvalue weighted by atomic mass is 16.1. The molecule has 2 aromatic heterocycles. The van der Waals surface area contributed by atoms with Gasteiger partial charge in [0, 0.05) is 11.8 Å². The molecule has 2 heterocycles. The van der Waals surface area contributed by atoms with E-state index >= 15 is 0 Å². The topological polar surface area (TPSA) is 59.3 Å². The number of amides is 1. The smallest absolute Gasteiger partial charge is 0.251 e. The second-order valence-corrected chi connectivity index (χ2v) is 5.55. The van der Waals surface area contributed by atoms with E-state index < -0.39 is 0 Å². The summed E-state index contributed by atoms with van der Waals surface area (Å²) in [6, 6.07) is 14.7. The normalized spacial score (nSPS) is 12.5. The fourth-order valence-electron chi connectivity index (χ4n) is 2.42. The van der Waals surface area contributed by atoms with Gasteiger partial charge < -0.3 is 5.32 Å². The zero-order valence-corrected chi connectivity index (χ0v) is 12.6. The van der Waals surface area contributed by atoms with Crippen LogP contribution >= 0.6 is 0 Å². The number of hydrogen-bond acceptors (Lipinski definition) is 3. The Bertz CT molecular complexity index is 779. The summed E-state index contributed by atoms with van der Waals surface area (Å²) in [7, 11) is 0. The number of rotatable bonds is 4. The van der Waals surface area contributed by atoms with Crippen LogP contribution in [-0.4, -0.2) is 20.5 Å². The first kappa shape index (κ1) is 14.3. The van der Waals surface area contributed by atoms with Gasteiger partial charge in [-0.05, 0) is 30.2 Å². The molecule has 0 aliphatic rings. The number of pyridine rings is 1. The molecule has 5 nitrogen and oxygen atoms in total. The molecule has 1 aromatic carbocycles. The summed E-state index contributed by atoms with van der Waals surface area (Å²) in [6.07, 6.45) is 1.91. The quantitative estimate of drug-likeness (QED) is 0.805. The Kier molecular flexibility index (Phi) is 3.87. The average Bonchev–Trinajstić information content (AvgIpc) is 2.96. The van der Waals surface area contributed by atoms with Crippen molar-refractivity contribution in [2.24, 2.45) is 5.92 Å². The predicted molar refractivity (Wildman–Crippen MR) is 84.5 cm³/mol. The van der Waals surface area contributed by atoms with Crippen molar-refractivity contribution in [2.75, 3.05) is 0 Å². The Labute approximate surface area is 129 Å². The number of fused-ring (bicyclic) bond motifs is 1. The number of hydrogen-bond donors (Lipinski definition) is 1. The van der Waals surface area contributed by atoms with Crippen LogP contribution in [0, 0.1) is 5.92 Å². The van der Waals surface area contributed by atoms with Gasteiger partial charge in [-0.25, -0.2) is 0 Å². The molecule has 0 saturated heterocycles. The van der Waals surface area contributed by atoms with Gasteiger partial charge in [0.2, 0.25) is 0 Å². The SMILES string of the molecule is CC(C)[C@H](NC(=O)c1ccccc1)c1nnc2ccccn12. The monoisotopic (exact) mass is 294 g/mol. The van der Waals surface area contributed by atoms with Gasteiger partial charge in [0.25, 0.3) is 5.91 Å². The summed E-state index contributed by atoms with van der Waals surface area (Å²) >= 11 is 0. The third-order valence-corrected chi connectivity index (χ3v) is 3.61. The lowest BCUT2D eigenvalue weighted by Crippen LogP contribution is -2.33. The Morgan fingerprint density at radius 1 is 1.05 bits per heavy atom. The molecule has 0 radical (unpaired) electrons. The van der Waals surface area contributed by atoms with Gasteiger partial charge in [0.05, 0.1) is 6.04 Å². The van der Waals surface area contributed by atoms with E-state index in [9.17, 15) is 4.79 Å². The van der Waals surface area contributed by atoms with Crippen LogP contribution in [0.1, 0.15) is 36.1 Å². The van der Waals surface area contributed by atoms with Crippen LogP contribution in [-0.2, 0) is 0 Å². The van der Waals surface area contributed by atoms with E-state index in [4.69, 9.17) is 0 Å². The van der Waals surface area contributed by atoms with Crippen molar-refractivity contribution in [3.05, 3.63) is 66.1 Å². The van der Waals surface area contributed by atoms with Gasteiger partial charge in [-0.15, -0.1) is 10.2 Å². The van der Waals surface area contributed by atoms with Crippen molar-refractivity contribution in [2.45, 2.75) is 19.9 Å². The summed E-state index contributed by atoms with van der Waals surface area (Å²) in [5, 5.41) is 11.5. The lowest BCUT2D eigenvalue weighted by atomic mass is 10.0. The fraction of sp³-hybridized carbons (Fsp3) is 0.235. The van der Waals surface area contributed by atoms with Crippen molar-refractivity contribution in [1.82, 2.24) is 19.9 Å². The standard InChI is InChI=1S/C17H18N4O/c1-12(2)15(18-17(22)13-8-4-3-5-9-13)16-20-19-14-10-6-7-11-21(14)16/h3-12,15H,1-2H3,(H,18,22)/t15-/m0/s1. The molecule has 0 saturated carbocycles. The van der Waals surface area contributed by atoms with E-state index in [1.807, 2.05) is 47.0 Å². The minimum absolute atomic E-state index is 0.105. The first-order valence-electron chi connectivity index (χ1n) is 7.32. The van der Waals surface area contributed by atoms with Crippen LogP contribution in [0.2, 0.25) is 0 Å². The van der Waals surface area contributed by atoms with Crippen molar-refractivity contribution in [1.29, 1.82) is 0 Å². The molecule has 5 heteroatoms. The number of carbonyl (C=O) groups is 1. The predicted octanol–water partition coefficient (Wildman–Crippen LogP) is 2.86. The maximum absolute atomic E-state index is 12.4. The van der Waals surface area contributed by atoms with Gasteiger partial charge >= 0.3 is 0 Å². The average molecular weight is 294 g/mol. The summed E-state index contributed by atoms with van der Waals surface area (Å²) in [5.41, 5.74) is 1.42. The molecule has 1 atom stereocenters. The lowest BCUT2D eigenvalue weighted by molar-refractivity contribution is 0.0923. The summed E-state index contributed by atoms with van der Waals surface area (Å²) in [6.45, 7) is 4.11. The Morgan fingerprint density at radius 2 is 1.77 bits per heavy atom. The van der Waals surface area contributed by atoms with Crippen LogP contribution in [0.15, 0.2) is 54.7 Å². The Balaban J connectivity index is 1.92. The van der Waals surface area contributed by atoms with Crippen LogP contribution < -0.4 is 5.32 Å². The van der Waals surface area contributed by atoms with E-state index in [0.29, 0.717) is 5.56 Å². The molecule has 3 rings (SSSR count). The maximum Gasteiger partial charge on any atom is 0.251 e. The molecule has 0 unspecified atom stereocenters. The molecule has 0 aliphatic carbocycles. The van der Waals surface area contributed by atoms with Crippen LogP contribution in [0.3, 0.4) is 0 Å². The van der Waals surface area contributed by atoms with E-state index in [0.717, 1.165) is 11.5 Å². The first-order valence-corrected chi connectivity index (χ1v) is 7.32. The first-order chi connectivity index (χ1) is 10.7. The van der Waals surface area contributed by atoms with Crippen LogP contribution in [0.4, 0.5) is 0 Å². The second-order valence-electron chi connectivity index (χ2n) is 5.55. The Hall–Kier alpha value is -2.69. The number of carbonyl (C=O) groups excluding carboxylic acids is 1. The molecule has 0 spiro atoms. The molecule has 1 amide bonds. The summed E-state index contributed by atoms with van der Waals surface area (Å²) in [4.78, 5) is 12.4. The lowest BCUT2D eigenvalue weighted by Gasteiger charge is -2.21. The molecule has 112 valence electrons. The summed E-state index contributed by atoms with van der Waals surface area (Å²) < 4.78 is 1.91. The highest BCUT2D eigenvalue weighted by Crippen LogP contribution is 2.21. The van der Waals surface area contributed by atoms with Crippen molar-refractivity contribution in [3.8, 4) is 0 Å². The van der Waals surface area contributed by atoms with Gasteiger partial charge in [-0.3, -0.25) is 9.20 Å². The highest BCUT2D eigenvalue weighted by molar-refractivity contribution is 5.94. The maximum atomic E-state index is 12.4. The minimum atomic E-state index is -0.204. The van der Waals surface area contributed by atoms with Crippen LogP contribution in [0.25, 0.3) is 5.65 Å². The van der Waals surface area contributed by atoms with Crippen molar-refractivity contribution >= 4 is 11.6 Å². The van der Waals surface area contributed by atoms with E-state index in [1.54, 1.807) is 12.1 Å². The molecule has 1 N–H and O–H groups in total. The molecule has 22 heavy (non-hydrogen) atoms. The zero-order chi connectivity index (χ0) is 15.5. The fourth-order valence-corrected chi connectivity index (χ4v) is 2.42. The van der Waals surface area contributed by atoms with Crippen molar-refractivity contribution < 1.29 is 4.79 Å². The number of nitrogens with one attached hydrogen (secondary N) is 1. The van der Waals surface area contributed by atoms with Gasteiger partial charge in [-0.1, -0.05) is 38.1 Å². The van der Waals surface area contributed by atoms with E-state index in [1.165, 1.54) is 0 Å². The highest BCUT2D eigenvalue weighted by Gasteiger charge is 2.23. The van der Waals surface area contributed by atoms with Gasteiger partial charge in [0.15, 0.2) is 11.5 Å². The van der Waals surface area contributed by atoms with Crippen LogP contribution in [0.5, 0.6) is 0 Å².